The van der Waals surface area contributed by atoms with Crippen molar-refractivity contribution in [2.24, 2.45) is 0 Å². The average Bonchev–Trinajstić information content (AvgIpc) is 2.73. The van der Waals surface area contributed by atoms with Crippen LogP contribution in [-0.2, 0) is 31.9 Å². The predicted molar refractivity (Wildman–Crippen MR) is 105 cm³/mol. The average molecular weight is 453 g/mol. The molecule has 0 fully saturated rings. The van der Waals surface area contributed by atoms with Crippen LogP contribution in [0.2, 0.25) is 0 Å². The lowest BCUT2D eigenvalue weighted by atomic mass is 10.0. The number of nitrogens with zero attached hydrogens (tertiary/aromatic N) is 2. The van der Waals surface area contributed by atoms with Crippen LogP contribution >= 0.6 is 0 Å². The number of H-pyrrole nitrogens is 1. The molecule has 0 saturated heterocycles. The third kappa shape index (κ3) is 4.69. The van der Waals surface area contributed by atoms with Gasteiger partial charge in [-0.1, -0.05) is 30.3 Å². The molecule has 3 aromatic rings. The van der Waals surface area contributed by atoms with Gasteiger partial charge < -0.3 is 4.98 Å². The van der Waals surface area contributed by atoms with Crippen LogP contribution < -0.4 is 5.56 Å². The van der Waals surface area contributed by atoms with Gasteiger partial charge in [-0.3, -0.25) is 9.69 Å². The molecular weight excluding hydrogens is 436 g/mol. The van der Waals surface area contributed by atoms with Crippen molar-refractivity contribution < 1.29 is 26.3 Å². The Balaban J connectivity index is 1.53. The van der Waals surface area contributed by atoms with Gasteiger partial charge in [-0.05, 0) is 23.8 Å². The van der Waals surface area contributed by atoms with Crippen LogP contribution in [0.5, 0.6) is 0 Å². The Bertz CT molecular complexity index is 1180. The SMILES string of the molecule is O=c1[nH]c(-c2ccc(C(F)(F)F)cc2)nc2c1CN(Cc1cccc(C(F)(F)F)c1)CC2. The Morgan fingerprint density at radius 1 is 0.938 bits per heavy atom. The van der Waals surface area contributed by atoms with Crippen LogP contribution in [-0.4, -0.2) is 21.4 Å². The first kappa shape index (κ1) is 22.1. The summed E-state index contributed by atoms with van der Waals surface area (Å²) in [4.78, 5) is 21.5. The summed E-state index contributed by atoms with van der Waals surface area (Å²) in [5.74, 6) is 0.175. The highest BCUT2D eigenvalue weighted by Crippen LogP contribution is 2.31. The minimum absolute atomic E-state index is 0.175. The number of rotatable bonds is 3. The first-order valence-electron chi connectivity index (χ1n) is 9.69. The molecule has 0 atom stereocenters. The van der Waals surface area contributed by atoms with Crippen LogP contribution in [0.3, 0.4) is 0 Å². The van der Waals surface area contributed by atoms with Crippen molar-refractivity contribution in [3.8, 4) is 11.4 Å². The minimum Gasteiger partial charge on any atom is -0.306 e. The number of hydrogen-bond acceptors (Lipinski definition) is 3. The summed E-state index contributed by atoms with van der Waals surface area (Å²) in [5.41, 5.74) is -0.181. The molecule has 10 heteroatoms. The Morgan fingerprint density at radius 2 is 1.62 bits per heavy atom. The first-order valence-corrected chi connectivity index (χ1v) is 9.69. The molecule has 1 aliphatic heterocycles. The van der Waals surface area contributed by atoms with E-state index in [1.165, 1.54) is 18.2 Å². The molecule has 1 aliphatic rings. The summed E-state index contributed by atoms with van der Waals surface area (Å²) >= 11 is 0. The highest BCUT2D eigenvalue weighted by atomic mass is 19.4. The van der Waals surface area contributed by atoms with E-state index in [4.69, 9.17) is 0 Å². The standard InChI is InChI=1S/C22H17F6N3O/c23-21(24,25)15-6-4-14(5-7-15)19-29-18-8-9-31(12-17(18)20(32)30-19)11-13-2-1-3-16(10-13)22(26,27)28/h1-7,10H,8-9,11-12H2,(H,29,30,32). The third-order valence-corrected chi connectivity index (χ3v) is 5.29. The first-order chi connectivity index (χ1) is 15.0. The summed E-state index contributed by atoms with van der Waals surface area (Å²) in [6.07, 6.45) is -8.50. The van der Waals surface area contributed by atoms with Gasteiger partial charge in [0, 0.05) is 31.6 Å². The van der Waals surface area contributed by atoms with Gasteiger partial charge in [0.05, 0.1) is 22.4 Å². The fourth-order valence-electron chi connectivity index (χ4n) is 3.67. The van der Waals surface area contributed by atoms with Crippen molar-refractivity contribution in [2.45, 2.75) is 31.9 Å². The van der Waals surface area contributed by atoms with Crippen molar-refractivity contribution in [3.63, 3.8) is 0 Å². The molecule has 0 spiro atoms. The fourth-order valence-corrected chi connectivity index (χ4v) is 3.67. The molecule has 1 aromatic heterocycles. The Morgan fingerprint density at radius 3 is 2.28 bits per heavy atom. The molecule has 0 unspecified atom stereocenters. The monoisotopic (exact) mass is 453 g/mol. The number of fused-ring (bicyclic) bond motifs is 1. The molecule has 2 aromatic carbocycles. The molecule has 2 heterocycles. The van der Waals surface area contributed by atoms with E-state index in [-0.39, 0.29) is 18.9 Å². The van der Waals surface area contributed by atoms with E-state index < -0.39 is 29.0 Å². The van der Waals surface area contributed by atoms with E-state index >= 15 is 0 Å². The normalized spacial score (nSPS) is 14.9. The highest BCUT2D eigenvalue weighted by Gasteiger charge is 2.31. The van der Waals surface area contributed by atoms with Gasteiger partial charge in [-0.2, -0.15) is 26.3 Å². The molecular formula is C22H17F6N3O. The second-order valence-corrected chi connectivity index (χ2v) is 7.57. The molecule has 0 radical (unpaired) electrons. The van der Waals surface area contributed by atoms with Crippen LogP contribution in [0.1, 0.15) is 27.9 Å². The van der Waals surface area contributed by atoms with E-state index in [9.17, 15) is 31.1 Å². The van der Waals surface area contributed by atoms with E-state index in [0.29, 0.717) is 35.3 Å². The Labute approximate surface area is 178 Å². The zero-order chi connectivity index (χ0) is 23.1. The predicted octanol–water partition coefficient (Wildman–Crippen LogP) is 5.03. The Hall–Kier alpha value is -3.14. The van der Waals surface area contributed by atoms with Crippen molar-refractivity contribution in [1.29, 1.82) is 0 Å². The van der Waals surface area contributed by atoms with E-state index in [2.05, 4.69) is 9.97 Å². The van der Waals surface area contributed by atoms with Gasteiger partial charge in [-0.15, -0.1) is 0 Å². The lowest BCUT2D eigenvalue weighted by molar-refractivity contribution is -0.138. The van der Waals surface area contributed by atoms with Gasteiger partial charge in [-0.25, -0.2) is 4.98 Å². The number of aromatic amines is 1. The quantitative estimate of drug-likeness (QED) is 0.566. The van der Waals surface area contributed by atoms with E-state index in [0.717, 1.165) is 24.3 Å². The van der Waals surface area contributed by atoms with Crippen LogP contribution in [0, 0.1) is 0 Å². The molecule has 0 saturated carbocycles. The zero-order valence-corrected chi connectivity index (χ0v) is 16.5. The second-order valence-electron chi connectivity index (χ2n) is 7.57. The largest absolute Gasteiger partial charge is 0.416 e. The number of hydrogen-bond donors (Lipinski definition) is 1. The second kappa shape index (κ2) is 8.09. The Kier molecular flexibility index (Phi) is 5.58. The van der Waals surface area contributed by atoms with Crippen molar-refractivity contribution >= 4 is 0 Å². The summed E-state index contributed by atoms with van der Waals surface area (Å²) in [5, 5.41) is 0. The maximum Gasteiger partial charge on any atom is 0.416 e. The minimum atomic E-state index is -4.46. The maximum absolute atomic E-state index is 12.9. The maximum atomic E-state index is 12.9. The molecule has 0 aliphatic carbocycles. The summed E-state index contributed by atoms with van der Waals surface area (Å²) in [7, 11) is 0. The lowest BCUT2D eigenvalue weighted by Crippen LogP contribution is -2.35. The summed E-state index contributed by atoms with van der Waals surface area (Å²) in [6.45, 7) is 0.927. The number of alkyl halides is 6. The molecule has 32 heavy (non-hydrogen) atoms. The molecule has 168 valence electrons. The van der Waals surface area contributed by atoms with E-state index in [1.54, 1.807) is 6.07 Å². The third-order valence-electron chi connectivity index (χ3n) is 5.29. The van der Waals surface area contributed by atoms with Crippen LogP contribution in [0.15, 0.2) is 53.3 Å². The molecule has 1 N–H and O–H groups in total. The number of nitrogens with one attached hydrogen (secondary N) is 1. The van der Waals surface area contributed by atoms with Crippen LogP contribution in [0.25, 0.3) is 11.4 Å². The zero-order valence-electron chi connectivity index (χ0n) is 16.5. The highest BCUT2D eigenvalue weighted by molar-refractivity contribution is 5.56. The van der Waals surface area contributed by atoms with Crippen molar-refractivity contribution in [1.82, 2.24) is 14.9 Å². The van der Waals surface area contributed by atoms with Gasteiger partial charge in [0.25, 0.3) is 5.56 Å². The number of aromatic nitrogens is 2. The van der Waals surface area contributed by atoms with Crippen molar-refractivity contribution in [2.75, 3.05) is 6.54 Å². The van der Waals surface area contributed by atoms with Crippen LogP contribution in [0.4, 0.5) is 26.3 Å². The topological polar surface area (TPSA) is 49.0 Å². The molecule has 0 amide bonds. The lowest BCUT2D eigenvalue weighted by Gasteiger charge is -2.28. The number of benzene rings is 2. The van der Waals surface area contributed by atoms with Gasteiger partial charge in [0.2, 0.25) is 0 Å². The van der Waals surface area contributed by atoms with E-state index in [1.807, 2.05) is 4.90 Å². The summed E-state index contributed by atoms with van der Waals surface area (Å²) < 4.78 is 77.0. The molecule has 4 nitrogen and oxygen atoms in total. The molecule has 4 rings (SSSR count). The van der Waals surface area contributed by atoms with Crippen molar-refractivity contribution in [3.05, 3.63) is 86.8 Å². The fraction of sp³-hybridized carbons (Fsp3) is 0.273. The van der Waals surface area contributed by atoms with Gasteiger partial charge in [0.1, 0.15) is 5.82 Å². The van der Waals surface area contributed by atoms with Gasteiger partial charge >= 0.3 is 12.4 Å². The molecule has 0 bridgehead atoms. The number of halogens is 6. The smallest absolute Gasteiger partial charge is 0.306 e. The van der Waals surface area contributed by atoms with Gasteiger partial charge in [0.15, 0.2) is 0 Å². The summed E-state index contributed by atoms with van der Waals surface area (Å²) in [6, 6.07) is 9.38.